The number of hydrogen-bond acceptors (Lipinski definition) is 8. The molecule has 2 amide bonds. The molecule has 0 saturated carbocycles. The molecule has 1 saturated heterocycles. The molecule has 3 rings (SSSR count). The van der Waals surface area contributed by atoms with E-state index in [0.29, 0.717) is 34.0 Å². The second-order valence-electron chi connectivity index (χ2n) is 10.1. The molecule has 218 valence electrons. The molecule has 0 unspecified atom stereocenters. The molecule has 0 aliphatic carbocycles. The van der Waals surface area contributed by atoms with Gasteiger partial charge in [-0.05, 0) is 56.0 Å². The quantitative estimate of drug-likeness (QED) is 0.379. The summed E-state index contributed by atoms with van der Waals surface area (Å²) in [5.74, 6) is 0.927. The van der Waals surface area contributed by atoms with Gasteiger partial charge in [-0.15, -0.1) is 0 Å². The molecule has 0 spiro atoms. The fraction of sp³-hybridized carbons (Fsp3) is 0.464. The van der Waals surface area contributed by atoms with E-state index in [4.69, 9.17) is 14.5 Å². The van der Waals surface area contributed by atoms with Gasteiger partial charge in [-0.3, -0.25) is 14.5 Å². The number of benzene rings is 2. The SMILES string of the molecule is COc1ccc(OC)c(NC(=O)C[C@H]2SC(=Nc3cccc(S(=O)(=O)N(C)C)c3)N([C@H](C)CCC(C)C)C2=O)c1. The first kappa shape index (κ1) is 31.4. The molecule has 12 heteroatoms. The van der Waals surface area contributed by atoms with E-state index in [1.165, 1.54) is 52.2 Å². The van der Waals surface area contributed by atoms with Crippen LogP contribution in [-0.4, -0.2) is 74.2 Å². The Balaban J connectivity index is 1.89. The summed E-state index contributed by atoms with van der Waals surface area (Å²) < 4.78 is 37.0. The van der Waals surface area contributed by atoms with E-state index in [1.54, 1.807) is 35.2 Å². The van der Waals surface area contributed by atoms with Gasteiger partial charge in [0.2, 0.25) is 21.8 Å². The van der Waals surface area contributed by atoms with Crippen molar-refractivity contribution in [2.45, 2.75) is 56.2 Å². The highest BCUT2D eigenvalue weighted by atomic mass is 32.2. The number of thioether (sulfide) groups is 1. The number of anilines is 1. The standard InChI is InChI=1S/C28H38N4O6S2/c1-18(2)11-12-19(3)32-27(34)25(17-26(33)30-23-16-21(37-6)13-14-24(23)38-7)39-28(32)29-20-9-8-10-22(15-20)40(35,36)31(4)5/h8-10,13-16,18-19,25H,11-12,17H2,1-7H3,(H,30,33)/t19-,25-/m1/s1. The first-order valence-electron chi connectivity index (χ1n) is 13.0. The molecular formula is C28H38N4O6S2. The fourth-order valence-corrected chi connectivity index (χ4v) is 6.31. The normalized spacial score (nSPS) is 17.5. The van der Waals surface area contributed by atoms with Gasteiger partial charge in [-0.2, -0.15) is 0 Å². The number of amides is 2. The lowest BCUT2D eigenvalue weighted by Crippen LogP contribution is -2.40. The third kappa shape index (κ3) is 7.55. The van der Waals surface area contributed by atoms with Gasteiger partial charge in [0.15, 0.2) is 5.17 Å². The summed E-state index contributed by atoms with van der Waals surface area (Å²) in [6.45, 7) is 6.21. The number of sulfonamides is 1. The van der Waals surface area contributed by atoms with E-state index < -0.39 is 15.3 Å². The van der Waals surface area contributed by atoms with E-state index in [1.807, 2.05) is 6.92 Å². The van der Waals surface area contributed by atoms with E-state index in [9.17, 15) is 18.0 Å². The highest BCUT2D eigenvalue weighted by molar-refractivity contribution is 8.15. The fourth-order valence-electron chi connectivity index (χ4n) is 4.12. The third-order valence-electron chi connectivity index (χ3n) is 6.44. The Hall–Kier alpha value is -3.09. The van der Waals surface area contributed by atoms with Gasteiger partial charge in [0.25, 0.3) is 0 Å². The Morgan fingerprint density at radius 1 is 1.10 bits per heavy atom. The molecule has 0 aromatic heterocycles. The van der Waals surface area contributed by atoms with Crippen molar-refractivity contribution in [1.29, 1.82) is 0 Å². The van der Waals surface area contributed by atoms with Crippen molar-refractivity contribution < 1.29 is 27.5 Å². The largest absolute Gasteiger partial charge is 0.497 e. The zero-order valence-electron chi connectivity index (χ0n) is 24.0. The van der Waals surface area contributed by atoms with Gasteiger partial charge in [0.1, 0.15) is 16.7 Å². The Morgan fingerprint density at radius 3 is 2.45 bits per heavy atom. The number of nitrogens with one attached hydrogen (secondary N) is 1. The Labute approximate surface area is 241 Å². The Bertz CT molecular complexity index is 1360. The average molecular weight is 591 g/mol. The van der Waals surface area contributed by atoms with Crippen LogP contribution in [0, 0.1) is 5.92 Å². The van der Waals surface area contributed by atoms with Crippen molar-refractivity contribution in [3.8, 4) is 11.5 Å². The molecule has 2 aromatic carbocycles. The van der Waals surface area contributed by atoms with Crippen molar-refractivity contribution in [2.75, 3.05) is 33.6 Å². The molecule has 2 aromatic rings. The number of carbonyl (C=O) groups is 2. The summed E-state index contributed by atoms with van der Waals surface area (Å²) in [6, 6.07) is 11.2. The van der Waals surface area contributed by atoms with Gasteiger partial charge in [-0.1, -0.05) is 31.7 Å². The van der Waals surface area contributed by atoms with Crippen LogP contribution in [-0.2, 0) is 19.6 Å². The van der Waals surface area contributed by atoms with E-state index in [-0.39, 0.29) is 29.2 Å². The van der Waals surface area contributed by atoms with Crippen LogP contribution >= 0.6 is 11.8 Å². The summed E-state index contributed by atoms with van der Waals surface area (Å²) in [5, 5.41) is 2.58. The van der Waals surface area contributed by atoms with Crippen LogP contribution in [0.15, 0.2) is 52.4 Å². The molecule has 1 heterocycles. The molecule has 0 bridgehead atoms. The number of hydrogen-bond donors (Lipinski definition) is 1. The zero-order chi connectivity index (χ0) is 29.6. The maximum atomic E-state index is 13.6. The highest BCUT2D eigenvalue weighted by Crippen LogP contribution is 2.36. The number of aliphatic imine (C=N–C) groups is 1. The zero-order valence-corrected chi connectivity index (χ0v) is 25.6. The summed E-state index contributed by atoms with van der Waals surface area (Å²) in [5.41, 5.74) is 0.850. The monoisotopic (exact) mass is 590 g/mol. The van der Waals surface area contributed by atoms with Crippen LogP contribution in [0.2, 0.25) is 0 Å². The molecule has 1 aliphatic rings. The van der Waals surface area contributed by atoms with Crippen LogP contribution in [0.4, 0.5) is 11.4 Å². The van der Waals surface area contributed by atoms with Crippen LogP contribution in [0.3, 0.4) is 0 Å². The highest BCUT2D eigenvalue weighted by Gasteiger charge is 2.41. The molecule has 0 radical (unpaired) electrons. The molecule has 1 N–H and O–H groups in total. The minimum atomic E-state index is -3.65. The summed E-state index contributed by atoms with van der Waals surface area (Å²) >= 11 is 1.21. The van der Waals surface area contributed by atoms with Crippen molar-refractivity contribution >= 4 is 50.1 Å². The lowest BCUT2D eigenvalue weighted by Gasteiger charge is -2.25. The van der Waals surface area contributed by atoms with Gasteiger partial charge >= 0.3 is 0 Å². The van der Waals surface area contributed by atoms with Crippen LogP contribution in [0.1, 0.15) is 40.0 Å². The first-order valence-corrected chi connectivity index (χ1v) is 15.3. The van der Waals surface area contributed by atoms with E-state index in [2.05, 4.69) is 19.2 Å². The molecule has 10 nitrogen and oxygen atoms in total. The Morgan fingerprint density at radius 2 is 1.82 bits per heavy atom. The van der Waals surface area contributed by atoms with Crippen LogP contribution in [0.25, 0.3) is 0 Å². The number of amidine groups is 1. The lowest BCUT2D eigenvalue weighted by atomic mass is 10.0. The van der Waals surface area contributed by atoms with E-state index in [0.717, 1.165) is 17.1 Å². The summed E-state index contributed by atoms with van der Waals surface area (Å²) in [4.78, 5) is 33.1. The van der Waals surface area contributed by atoms with Crippen molar-refractivity contribution in [3.05, 3.63) is 42.5 Å². The maximum absolute atomic E-state index is 13.6. The van der Waals surface area contributed by atoms with Crippen molar-refractivity contribution in [3.63, 3.8) is 0 Å². The molecule has 1 aliphatic heterocycles. The second kappa shape index (κ2) is 13.5. The minimum absolute atomic E-state index is 0.0780. The maximum Gasteiger partial charge on any atom is 0.242 e. The van der Waals surface area contributed by atoms with Crippen molar-refractivity contribution in [1.82, 2.24) is 9.21 Å². The Kier molecular flexibility index (Phi) is 10.6. The first-order chi connectivity index (χ1) is 18.9. The van der Waals surface area contributed by atoms with Gasteiger partial charge < -0.3 is 14.8 Å². The topological polar surface area (TPSA) is 118 Å². The van der Waals surface area contributed by atoms with Gasteiger partial charge in [0.05, 0.1) is 30.5 Å². The summed E-state index contributed by atoms with van der Waals surface area (Å²) in [6.07, 6.45) is 1.60. The second-order valence-corrected chi connectivity index (χ2v) is 13.5. The summed E-state index contributed by atoms with van der Waals surface area (Å²) in [7, 11) is 2.31. The third-order valence-corrected chi connectivity index (χ3v) is 9.40. The molecular weight excluding hydrogens is 552 g/mol. The number of carbonyl (C=O) groups excluding carboxylic acids is 2. The van der Waals surface area contributed by atoms with Gasteiger partial charge in [0, 0.05) is 32.6 Å². The number of methoxy groups -OCH3 is 2. The number of nitrogens with zero attached hydrogens (tertiary/aromatic N) is 3. The smallest absolute Gasteiger partial charge is 0.242 e. The van der Waals surface area contributed by atoms with E-state index >= 15 is 0 Å². The predicted molar refractivity (Wildman–Crippen MR) is 159 cm³/mol. The van der Waals surface area contributed by atoms with Crippen LogP contribution in [0.5, 0.6) is 11.5 Å². The lowest BCUT2D eigenvalue weighted by molar-refractivity contribution is -0.129. The predicted octanol–water partition coefficient (Wildman–Crippen LogP) is 4.74. The van der Waals surface area contributed by atoms with Crippen LogP contribution < -0.4 is 14.8 Å². The number of ether oxygens (including phenoxy) is 2. The minimum Gasteiger partial charge on any atom is -0.497 e. The molecule has 1 fully saturated rings. The van der Waals surface area contributed by atoms with Crippen molar-refractivity contribution in [2.24, 2.45) is 10.9 Å². The van der Waals surface area contributed by atoms with Gasteiger partial charge in [-0.25, -0.2) is 17.7 Å². The molecule has 40 heavy (non-hydrogen) atoms. The average Bonchev–Trinajstić information content (AvgIpc) is 3.20. The molecule has 2 atom stereocenters. The number of rotatable bonds is 12.